The zero-order chi connectivity index (χ0) is 33.6. The first-order valence-electron chi connectivity index (χ1n) is 16.3. The summed E-state index contributed by atoms with van der Waals surface area (Å²) >= 11 is 5.29. The summed E-state index contributed by atoms with van der Waals surface area (Å²) in [5, 5.41) is 23.8. The lowest BCUT2D eigenvalue weighted by Gasteiger charge is -2.03. The van der Waals surface area contributed by atoms with Crippen LogP contribution in [0.3, 0.4) is 0 Å². The monoisotopic (exact) mass is 700 g/mol. The molecule has 4 heterocycles. The topological polar surface area (TPSA) is 58.9 Å². The molecular formula is C43H28N2O2S3. The van der Waals surface area contributed by atoms with Gasteiger partial charge in [0.05, 0.1) is 16.0 Å². The fourth-order valence-electron chi connectivity index (χ4n) is 6.97. The van der Waals surface area contributed by atoms with E-state index in [1.165, 1.54) is 75.0 Å². The number of nitro groups is 1. The molecule has 1 aliphatic carbocycles. The summed E-state index contributed by atoms with van der Waals surface area (Å²) in [6.07, 6.45) is 1.10. The Morgan fingerprint density at radius 2 is 1.24 bits per heavy atom. The smallest absolute Gasteiger partial charge is 0.277 e. The SMILES string of the molecule is O=[N+]([O-])c1ccccc1-c1ccc2sccc2c1.c1ccc2c(c1)Cc1cc3sccc3cc1-2.c1ccc2c(c1)[nH]c1c3ccsc3ccc21. The third-order valence-electron chi connectivity index (χ3n) is 9.34. The van der Waals surface area contributed by atoms with Crippen molar-refractivity contribution in [2.75, 3.05) is 0 Å². The minimum absolute atomic E-state index is 0.145. The van der Waals surface area contributed by atoms with Crippen molar-refractivity contribution in [2.45, 2.75) is 6.42 Å². The Hall–Kier alpha value is -5.60. The summed E-state index contributed by atoms with van der Waals surface area (Å²) in [6.45, 7) is 0. The van der Waals surface area contributed by atoms with E-state index >= 15 is 0 Å². The van der Waals surface area contributed by atoms with Crippen molar-refractivity contribution in [1.29, 1.82) is 0 Å². The molecule has 0 saturated heterocycles. The molecule has 0 unspecified atom stereocenters. The normalized spacial score (nSPS) is 11.7. The molecular weight excluding hydrogens is 673 g/mol. The molecule has 0 bridgehead atoms. The number of hydrogen-bond acceptors (Lipinski definition) is 5. The molecule has 0 spiro atoms. The number of fused-ring (bicyclic) bond motifs is 10. The number of H-pyrrole nitrogens is 1. The van der Waals surface area contributed by atoms with Gasteiger partial charge in [-0.25, -0.2) is 0 Å². The van der Waals surface area contributed by atoms with Crippen molar-refractivity contribution in [2.24, 2.45) is 0 Å². The minimum atomic E-state index is -0.340. The van der Waals surface area contributed by atoms with Gasteiger partial charge in [-0.1, -0.05) is 66.7 Å². The van der Waals surface area contributed by atoms with E-state index in [-0.39, 0.29) is 10.6 Å². The van der Waals surface area contributed by atoms with Crippen LogP contribution in [-0.2, 0) is 6.42 Å². The van der Waals surface area contributed by atoms with Crippen LogP contribution in [0.2, 0.25) is 0 Å². The molecule has 0 fully saturated rings. The first-order chi connectivity index (χ1) is 24.6. The van der Waals surface area contributed by atoms with Crippen molar-refractivity contribution in [3.63, 3.8) is 0 Å². The number of benzene rings is 6. The van der Waals surface area contributed by atoms with Gasteiger partial charge in [-0.15, -0.1) is 34.0 Å². The molecule has 4 nitrogen and oxygen atoms in total. The van der Waals surface area contributed by atoms with Crippen molar-refractivity contribution in [3.05, 3.63) is 171 Å². The highest BCUT2D eigenvalue weighted by molar-refractivity contribution is 7.17. The van der Waals surface area contributed by atoms with Crippen LogP contribution in [0.15, 0.2) is 150 Å². The van der Waals surface area contributed by atoms with Gasteiger partial charge in [0.25, 0.3) is 5.69 Å². The van der Waals surface area contributed by atoms with E-state index < -0.39 is 0 Å². The molecule has 1 aliphatic rings. The zero-order valence-electron chi connectivity index (χ0n) is 26.6. The van der Waals surface area contributed by atoms with Crippen molar-refractivity contribution in [1.82, 2.24) is 4.98 Å². The zero-order valence-corrected chi connectivity index (χ0v) is 29.1. The van der Waals surface area contributed by atoms with E-state index in [1.54, 1.807) is 34.8 Å². The van der Waals surface area contributed by atoms with Crippen LogP contribution in [-0.4, -0.2) is 9.91 Å². The number of para-hydroxylation sites is 2. The van der Waals surface area contributed by atoms with Gasteiger partial charge in [-0.05, 0) is 122 Å². The molecule has 0 amide bonds. The Balaban J connectivity index is 0.000000101. The van der Waals surface area contributed by atoms with Crippen molar-refractivity contribution < 1.29 is 4.92 Å². The van der Waals surface area contributed by atoms with Crippen LogP contribution in [0.4, 0.5) is 5.69 Å². The van der Waals surface area contributed by atoms with Crippen LogP contribution >= 0.6 is 34.0 Å². The molecule has 0 atom stereocenters. The van der Waals surface area contributed by atoms with Crippen LogP contribution < -0.4 is 0 Å². The third kappa shape index (κ3) is 5.46. The lowest BCUT2D eigenvalue weighted by atomic mass is 10.0. The summed E-state index contributed by atoms with van der Waals surface area (Å²) in [5.41, 5.74) is 9.98. The van der Waals surface area contributed by atoms with Crippen LogP contribution in [0.1, 0.15) is 11.1 Å². The molecule has 6 aromatic carbocycles. The lowest BCUT2D eigenvalue weighted by Crippen LogP contribution is -1.91. The van der Waals surface area contributed by atoms with Gasteiger partial charge in [-0.2, -0.15) is 0 Å². The first kappa shape index (κ1) is 30.5. The van der Waals surface area contributed by atoms with E-state index in [0.29, 0.717) is 5.56 Å². The molecule has 0 radical (unpaired) electrons. The fourth-order valence-corrected chi connectivity index (χ4v) is 9.37. The number of thiophene rings is 3. The van der Waals surface area contributed by atoms with E-state index in [0.717, 1.165) is 17.4 Å². The Labute approximate surface area is 299 Å². The second kappa shape index (κ2) is 12.7. The molecule has 10 aromatic rings. The van der Waals surface area contributed by atoms with Gasteiger partial charge in [0.15, 0.2) is 0 Å². The number of rotatable bonds is 2. The highest BCUT2D eigenvalue weighted by atomic mass is 32.1. The Morgan fingerprint density at radius 3 is 2.12 bits per heavy atom. The molecule has 240 valence electrons. The van der Waals surface area contributed by atoms with Gasteiger partial charge < -0.3 is 4.98 Å². The van der Waals surface area contributed by atoms with Gasteiger partial charge >= 0.3 is 0 Å². The second-order valence-corrected chi connectivity index (χ2v) is 15.1. The Bertz CT molecular complexity index is 2860. The highest BCUT2D eigenvalue weighted by Gasteiger charge is 2.18. The number of nitrogens with zero attached hydrogens (tertiary/aromatic N) is 1. The van der Waals surface area contributed by atoms with Crippen LogP contribution in [0.5, 0.6) is 0 Å². The third-order valence-corrected chi connectivity index (χ3v) is 12.0. The number of hydrogen-bond donors (Lipinski definition) is 1. The van der Waals surface area contributed by atoms with Gasteiger partial charge in [0.1, 0.15) is 0 Å². The van der Waals surface area contributed by atoms with E-state index in [4.69, 9.17) is 0 Å². The Morgan fingerprint density at radius 1 is 0.540 bits per heavy atom. The maximum absolute atomic E-state index is 11.0. The molecule has 0 aliphatic heterocycles. The molecule has 4 aromatic heterocycles. The largest absolute Gasteiger partial charge is 0.354 e. The lowest BCUT2D eigenvalue weighted by molar-refractivity contribution is -0.384. The summed E-state index contributed by atoms with van der Waals surface area (Å²) in [5.74, 6) is 0. The van der Waals surface area contributed by atoms with Crippen molar-refractivity contribution in [3.8, 4) is 22.3 Å². The Kier molecular flexibility index (Phi) is 7.73. The number of aromatic amines is 1. The molecule has 1 N–H and O–H groups in total. The maximum Gasteiger partial charge on any atom is 0.277 e. The van der Waals surface area contributed by atoms with E-state index in [1.807, 2.05) is 47.0 Å². The molecule has 0 saturated carbocycles. The van der Waals surface area contributed by atoms with Crippen LogP contribution in [0, 0.1) is 10.1 Å². The van der Waals surface area contributed by atoms with Crippen LogP contribution in [0.25, 0.3) is 74.3 Å². The summed E-state index contributed by atoms with van der Waals surface area (Å²) in [4.78, 5) is 14.2. The predicted molar refractivity (Wildman–Crippen MR) is 215 cm³/mol. The van der Waals surface area contributed by atoms with Gasteiger partial charge in [-0.3, -0.25) is 10.1 Å². The molecule has 7 heteroatoms. The summed E-state index contributed by atoms with van der Waals surface area (Å²) in [7, 11) is 0. The number of nitro benzene ring substituents is 1. The minimum Gasteiger partial charge on any atom is -0.354 e. The van der Waals surface area contributed by atoms with Gasteiger partial charge in [0, 0.05) is 41.8 Å². The summed E-state index contributed by atoms with van der Waals surface area (Å²) in [6, 6.07) is 45.5. The average Bonchev–Trinajstić information content (AvgIpc) is 3.99. The maximum atomic E-state index is 11.0. The van der Waals surface area contributed by atoms with E-state index in [9.17, 15) is 10.1 Å². The molecule has 11 rings (SSSR count). The first-order valence-corrected chi connectivity index (χ1v) is 18.9. The average molecular weight is 701 g/mol. The summed E-state index contributed by atoms with van der Waals surface area (Å²) < 4.78 is 3.95. The second-order valence-electron chi connectivity index (χ2n) is 12.2. The number of aromatic nitrogens is 1. The quantitative estimate of drug-likeness (QED) is 0.144. The highest BCUT2D eigenvalue weighted by Crippen LogP contribution is 2.40. The predicted octanol–water partition coefficient (Wildman–Crippen LogP) is 13.5. The van der Waals surface area contributed by atoms with Gasteiger partial charge in [0.2, 0.25) is 0 Å². The fraction of sp³-hybridized carbons (Fsp3) is 0.0233. The van der Waals surface area contributed by atoms with E-state index in [2.05, 4.69) is 101 Å². The number of nitrogens with one attached hydrogen (secondary N) is 1. The molecule has 50 heavy (non-hydrogen) atoms. The standard InChI is InChI=1S/C15H10S.C14H9NO2S.C14H9NS/c1-2-4-13-10(3-1)7-12-9-15-11(5-6-16-15)8-14(12)13;16-15(17)13-4-2-1-3-12(13)10-5-6-14-11(9-10)7-8-18-14;1-2-4-12-9(3-1)10-5-6-13-11(7-8-16-13)14(10)15-12/h1-6,8-9H,7H2;1-9H;1-8,15H. The van der Waals surface area contributed by atoms with Crippen molar-refractivity contribution >= 4 is 91.8 Å².